The van der Waals surface area contributed by atoms with Crippen LogP contribution in [0.3, 0.4) is 0 Å². The van der Waals surface area contributed by atoms with E-state index in [-0.39, 0.29) is 41.3 Å². The summed E-state index contributed by atoms with van der Waals surface area (Å²) in [5.74, 6) is -3.70. The number of allylic oxidation sites excluding steroid dienone is 1. The molecule has 1 aliphatic rings. The Morgan fingerprint density at radius 2 is 1.79 bits per heavy atom. The van der Waals surface area contributed by atoms with Gasteiger partial charge < -0.3 is 25.0 Å². The lowest BCUT2D eigenvalue weighted by Crippen LogP contribution is -2.38. The first-order valence-electron chi connectivity index (χ1n) is 9.03. The van der Waals surface area contributed by atoms with Crippen LogP contribution in [0.2, 0.25) is 0 Å². The van der Waals surface area contributed by atoms with Crippen molar-refractivity contribution >= 4 is 23.0 Å². The molecule has 0 aliphatic carbocycles. The van der Waals surface area contributed by atoms with Gasteiger partial charge in [0.05, 0.1) is 22.8 Å². The number of nitrogens with zero attached hydrogens (tertiary/aromatic N) is 2. The second-order valence-corrected chi connectivity index (χ2v) is 6.26. The normalized spacial score (nSPS) is 17.2. The summed E-state index contributed by atoms with van der Waals surface area (Å²) in [5.41, 5.74) is 1.13. The van der Waals surface area contributed by atoms with E-state index in [1.54, 1.807) is 39.0 Å². The molecule has 0 fully saturated rings. The van der Waals surface area contributed by atoms with E-state index in [4.69, 9.17) is 14.1 Å². The van der Waals surface area contributed by atoms with Crippen molar-refractivity contribution < 1.29 is 33.9 Å². The van der Waals surface area contributed by atoms with Crippen molar-refractivity contribution in [1.29, 1.82) is 0 Å². The van der Waals surface area contributed by atoms with Gasteiger partial charge in [0, 0.05) is 18.9 Å². The lowest BCUT2D eigenvalue weighted by atomic mass is 9.79. The molecule has 0 saturated carbocycles. The van der Waals surface area contributed by atoms with Crippen LogP contribution in [-0.4, -0.2) is 52.0 Å². The fourth-order valence-corrected chi connectivity index (χ4v) is 3.45. The first kappa shape index (κ1) is 20.5. The third kappa shape index (κ3) is 3.71. The zero-order valence-electron chi connectivity index (χ0n) is 16.1. The molecule has 3 rings (SSSR count). The van der Waals surface area contributed by atoms with Gasteiger partial charge in [-0.3, -0.25) is 0 Å². The zero-order valence-corrected chi connectivity index (χ0v) is 16.1. The maximum absolute atomic E-state index is 12.3. The molecule has 1 unspecified atom stereocenters. The number of hydrogen-bond donors (Lipinski definition) is 3. The van der Waals surface area contributed by atoms with E-state index in [9.17, 15) is 19.8 Å². The summed E-state index contributed by atoms with van der Waals surface area (Å²) in [6, 6.07) is 4.89. The van der Waals surface area contributed by atoms with E-state index < -0.39 is 24.1 Å². The Bertz CT molecular complexity index is 1000. The summed E-state index contributed by atoms with van der Waals surface area (Å²) in [5, 5.41) is 30.4. The van der Waals surface area contributed by atoms with Gasteiger partial charge in [-0.2, -0.15) is 0 Å². The molecule has 2 heterocycles. The number of carbonyl (C=O) groups is 2. The van der Waals surface area contributed by atoms with Crippen LogP contribution in [0.25, 0.3) is 11.0 Å². The third-order valence-electron chi connectivity index (χ3n) is 4.55. The van der Waals surface area contributed by atoms with Gasteiger partial charge in [-0.1, -0.05) is 12.1 Å². The molecule has 0 radical (unpaired) electrons. The molecular formula is C19H21N3O7. The Balaban J connectivity index is 2.31. The van der Waals surface area contributed by atoms with E-state index in [0.29, 0.717) is 11.1 Å². The van der Waals surface area contributed by atoms with Crippen molar-refractivity contribution in [2.75, 3.05) is 13.2 Å². The molecule has 1 aromatic heterocycles. The molecule has 29 heavy (non-hydrogen) atoms. The second-order valence-electron chi connectivity index (χ2n) is 6.26. The minimum absolute atomic E-state index is 0.117. The van der Waals surface area contributed by atoms with Crippen molar-refractivity contribution in [3.63, 3.8) is 0 Å². The van der Waals surface area contributed by atoms with Gasteiger partial charge in [-0.05, 0) is 42.7 Å². The number of ether oxygens (including phenoxy) is 2. The summed E-state index contributed by atoms with van der Waals surface area (Å²) >= 11 is 0. The van der Waals surface area contributed by atoms with Crippen molar-refractivity contribution in [3.8, 4) is 0 Å². The SMILES string of the molecule is CCOC(OCC)C1=C(C(=O)O)C(c2cccc3nonc23)C(C(=O)O)=C(C)N1. The molecule has 10 nitrogen and oxygen atoms in total. The predicted octanol–water partition coefficient (Wildman–Crippen LogP) is 2.01. The second kappa shape index (κ2) is 8.41. The van der Waals surface area contributed by atoms with E-state index in [1.165, 1.54) is 0 Å². The number of dihydropyridines is 1. The van der Waals surface area contributed by atoms with Crippen LogP contribution in [-0.2, 0) is 19.1 Å². The fraction of sp³-hybridized carbons (Fsp3) is 0.368. The highest BCUT2D eigenvalue weighted by Gasteiger charge is 2.41. The Hall–Kier alpha value is -3.24. The summed E-state index contributed by atoms with van der Waals surface area (Å²) in [6.45, 7) is 5.60. The topological polar surface area (TPSA) is 144 Å². The Labute approximate surface area is 165 Å². The molecule has 1 atom stereocenters. The molecule has 0 spiro atoms. The minimum atomic E-state index is -1.30. The van der Waals surface area contributed by atoms with Gasteiger partial charge in [-0.15, -0.1) is 0 Å². The van der Waals surface area contributed by atoms with Gasteiger partial charge in [0.25, 0.3) is 0 Å². The smallest absolute Gasteiger partial charge is 0.334 e. The molecular weight excluding hydrogens is 382 g/mol. The van der Waals surface area contributed by atoms with Gasteiger partial charge in [0.2, 0.25) is 0 Å². The molecule has 1 aliphatic heterocycles. The average molecular weight is 403 g/mol. The van der Waals surface area contributed by atoms with Gasteiger partial charge in [-0.25, -0.2) is 14.2 Å². The summed E-state index contributed by atoms with van der Waals surface area (Å²) in [7, 11) is 0. The number of fused-ring (bicyclic) bond motifs is 1. The number of carboxylic acids is 2. The number of hydrogen-bond acceptors (Lipinski definition) is 8. The fourth-order valence-electron chi connectivity index (χ4n) is 3.45. The van der Waals surface area contributed by atoms with Crippen molar-refractivity contribution in [2.45, 2.75) is 33.0 Å². The van der Waals surface area contributed by atoms with Crippen LogP contribution in [0.15, 0.2) is 45.4 Å². The minimum Gasteiger partial charge on any atom is -0.478 e. The maximum atomic E-state index is 12.3. The lowest BCUT2D eigenvalue weighted by Gasteiger charge is -2.33. The number of nitrogens with one attached hydrogen (secondary N) is 1. The summed E-state index contributed by atoms with van der Waals surface area (Å²) in [4.78, 5) is 24.4. The number of aliphatic carboxylic acids is 2. The third-order valence-corrected chi connectivity index (χ3v) is 4.55. The van der Waals surface area contributed by atoms with Crippen LogP contribution in [0.5, 0.6) is 0 Å². The summed E-state index contributed by atoms with van der Waals surface area (Å²) < 4.78 is 15.9. The predicted molar refractivity (Wildman–Crippen MR) is 99.7 cm³/mol. The first-order valence-corrected chi connectivity index (χ1v) is 9.03. The Morgan fingerprint density at radius 1 is 1.14 bits per heavy atom. The number of rotatable bonds is 8. The Kier molecular flexibility index (Phi) is 5.95. The molecule has 0 saturated heterocycles. The quantitative estimate of drug-likeness (QED) is 0.560. The van der Waals surface area contributed by atoms with E-state index in [0.717, 1.165) is 0 Å². The highest BCUT2D eigenvalue weighted by Crippen LogP contribution is 2.41. The average Bonchev–Trinajstić information content (AvgIpc) is 3.15. The monoisotopic (exact) mass is 403 g/mol. The molecule has 0 bridgehead atoms. The van der Waals surface area contributed by atoms with Crippen molar-refractivity contribution in [2.24, 2.45) is 0 Å². The summed E-state index contributed by atoms with van der Waals surface area (Å²) in [6.07, 6.45) is -1.00. The van der Waals surface area contributed by atoms with Crippen molar-refractivity contribution in [1.82, 2.24) is 15.6 Å². The molecule has 154 valence electrons. The number of aromatic nitrogens is 2. The maximum Gasteiger partial charge on any atom is 0.334 e. The molecule has 0 amide bonds. The van der Waals surface area contributed by atoms with Crippen LogP contribution < -0.4 is 5.32 Å². The van der Waals surface area contributed by atoms with Crippen LogP contribution in [0, 0.1) is 0 Å². The number of carboxylic acid groups (broad SMARTS) is 2. The highest BCUT2D eigenvalue weighted by atomic mass is 16.7. The zero-order chi connectivity index (χ0) is 21.1. The highest BCUT2D eigenvalue weighted by molar-refractivity contribution is 6.00. The van der Waals surface area contributed by atoms with Gasteiger partial charge in [0.1, 0.15) is 11.0 Å². The van der Waals surface area contributed by atoms with E-state index in [1.807, 2.05) is 0 Å². The lowest BCUT2D eigenvalue weighted by molar-refractivity contribution is -0.135. The van der Waals surface area contributed by atoms with Crippen molar-refractivity contribution in [3.05, 3.63) is 46.3 Å². The molecule has 10 heteroatoms. The first-order chi connectivity index (χ1) is 13.9. The van der Waals surface area contributed by atoms with Crippen LogP contribution in [0.4, 0.5) is 0 Å². The molecule has 2 aromatic rings. The van der Waals surface area contributed by atoms with E-state index in [2.05, 4.69) is 15.6 Å². The van der Waals surface area contributed by atoms with Crippen LogP contribution in [0.1, 0.15) is 32.3 Å². The van der Waals surface area contributed by atoms with E-state index >= 15 is 0 Å². The van der Waals surface area contributed by atoms with Gasteiger partial charge >= 0.3 is 11.9 Å². The molecule has 1 aromatic carbocycles. The van der Waals surface area contributed by atoms with Gasteiger partial charge in [0.15, 0.2) is 6.29 Å². The largest absolute Gasteiger partial charge is 0.478 e. The number of benzene rings is 1. The standard InChI is InChI=1S/C19H21N3O7/c1-4-27-19(28-5-2)16-14(18(25)26)13(12(17(23)24)9(3)20-16)10-7-6-8-11-15(10)22-29-21-11/h6-8,13,19-20H,4-5H2,1-3H3,(H,23,24)(H,25,26). The van der Waals surface area contributed by atoms with Crippen LogP contribution >= 0.6 is 0 Å². The molecule has 3 N–H and O–H groups in total. The Morgan fingerprint density at radius 3 is 2.38 bits per heavy atom.